The Morgan fingerprint density at radius 2 is 0.974 bits per heavy atom. The Morgan fingerprint density at radius 1 is 0.487 bits per heavy atom. The first-order valence-electron chi connectivity index (χ1n) is 13.0. The van der Waals surface area contributed by atoms with E-state index in [1.165, 1.54) is 10.8 Å². The second kappa shape index (κ2) is 9.54. The highest BCUT2D eigenvalue weighted by molar-refractivity contribution is 7.85. The van der Waals surface area contributed by atoms with E-state index in [1.807, 2.05) is 85.2 Å². The van der Waals surface area contributed by atoms with E-state index in [0.717, 1.165) is 43.8 Å². The summed E-state index contributed by atoms with van der Waals surface area (Å²) in [6.45, 7) is 0. The maximum Gasteiger partial charge on any atom is 0.171 e. The lowest BCUT2D eigenvalue weighted by atomic mass is 10.1. The fourth-order valence-electron chi connectivity index (χ4n) is 5.50. The summed E-state index contributed by atoms with van der Waals surface area (Å²) in [6.07, 6.45) is 3.80. The van der Waals surface area contributed by atoms with Crippen molar-refractivity contribution in [3.8, 4) is 16.8 Å². The van der Waals surface area contributed by atoms with E-state index < -0.39 is 7.14 Å². The number of hydrogen-bond acceptors (Lipinski definition) is 2. The molecule has 2 aromatic heterocycles. The molecule has 0 fully saturated rings. The van der Waals surface area contributed by atoms with E-state index in [4.69, 9.17) is 0 Å². The largest absolute Gasteiger partial charge is 0.309 e. The Hall–Kier alpha value is -4.72. The van der Waals surface area contributed by atoms with Crippen molar-refractivity contribution in [2.45, 2.75) is 0 Å². The normalized spacial score (nSPS) is 11.7. The van der Waals surface area contributed by atoms with Crippen LogP contribution in [0.1, 0.15) is 0 Å². The molecule has 4 heteroatoms. The molecule has 0 amide bonds. The van der Waals surface area contributed by atoms with Gasteiger partial charge in [-0.05, 0) is 23.8 Å². The zero-order valence-electron chi connectivity index (χ0n) is 21.2. The summed E-state index contributed by atoms with van der Waals surface area (Å²) < 4.78 is 17.0. The third-order valence-electron chi connectivity index (χ3n) is 7.37. The molecule has 3 nitrogen and oxygen atoms in total. The van der Waals surface area contributed by atoms with E-state index in [0.29, 0.717) is 0 Å². The first-order chi connectivity index (χ1) is 19.2. The molecule has 0 unspecified atom stereocenters. The minimum Gasteiger partial charge on any atom is -0.309 e. The molecule has 0 radical (unpaired) electrons. The van der Waals surface area contributed by atoms with Crippen molar-refractivity contribution in [3.63, 3.8) is 0 Å². The van der Waals surface area contributed by atoms with Crippen molar-refractivity contribution < 1.29 is 4.57 Å². The smallest absolute Gasteiger partial charge is 0.171 e. The van der Waals surface area contributed by atoms with Crippen LogP contribution in [0.4, 0.5) is 0 Å². The Labute approximate surface area is 227 Å². The van der Waals surface area contributed by atoms with Gasteiger partial charge in [-0.2, -0.15) is 0 Å². The lowest BCUT2D eigenvalue weighted by molar-refractivity contribution is 0.592. The Bertz CT molecular complexity index is 1880. The standard InChI is InChI=1S/C35H25N2OP/c38-39(29-11-3-1-4-12-29,30-13-5-2-6-14-30)31-21-19-26(20-22-31)27-23-28(25-36-24-27)37-34-17-9-7-15-32(34)33-16-8-10-18-35(33)37/h1-25H. The van der Waals surface area contributed by atoms with Crippen LogP contribution in [0, 0.1) is 0 Å². The molecule has 39 heavy (non-hydrogen) atoms. The van der Waals surface area contributed by atoms with Gasteiger partial charge in [-0.3, -0.25) is 4.98 Å². The van der Waals surface area contributed by atoms with Gasteiger partial charge in [0.25, 0.3) is 0 Å². The van der Waals surface area contributed by atoms with Gasteiger partial charge in [0.05, 0.1) is 22.9 Å². The van der Waals surface area contributed by atoms with E-state index in [9.17, 15) is 4.57 Å². The average molecular weight is 521 g/mol. The van der Waals surface area contributed by atoms with Crippen LogP contribution in [-0.4, -0.2) is 9.55 Å². The van der Waals surface area contributed by atoms with E-state index >= 15 is 0 Å². The van der Waals surface area contributed by atoms with Crippen LogP contribution >= 0.6 is 7.14 Å². The molecule has 0 aliphatic heterocycles. The van der Waals surface area contributed by atoms with Crippen molar-refractivity contribution in [3.05, 3.63) is 152 Å². The fraction of sp³-hybridized carbons (Fsp3) is 0. The van der Waals surface area contributed by atoms with E-state index in [-0.39, 0.29) is 0 Å². The Kier molecular flexibility index (Phi) is 5.73. The summed E-state index contributed by atoms with van der Waals surface area (Å²) in [4.78, 5) is 4.62. The molecule has 0 aliphatic carbocycles. The number of nitrogens with zero attached hydrogens (tertiary/aromatic N) is 2. The first-order valence-corrected chi connectivity index (χ1v) is 14.7. The molecule has 0 saturated carbocycles. The topological polar surface area (TPSA) is 34.9 Å². The summed E-state index contributed by atoms with van der Waals surface area (Å²) in [5.74, 6) is 0. The van der Waals surface area contributed by atoms with Gasteiger partial charge in [-0.15, -0.1) is 0 Å². The number of para-hydroxylation sites is 2. The molecule has 0 saturated heterocycles. The molecule has 5 aromatic carbocycles. The number of fused-ring (bicyclic) bond motifs is 3. The van der Waals surface area contributed by atoms with Crippen molar-refractivity contribution in [1.82, 2.24) is 9.55 Å². The fourth-order valence-corrected chi connectivity index (χ4v) is 8.14. The van der Waals surface area contributed by atoms with E-state index in [1.54, 1.807) is 0 Å². The van der Waals surface area contributed by atoms with Gasteiger partial charge < -0.3 is 9.13 Å². The Morgan fingerprint density at radius 3 is 1.54 bits per heavy atom. The number of aromatic nitrogens is 2. The Balaban J connectivity index is 1.33. The van der Waals surface area contributed by atoms with Gasteiger partial charge in [0.15, 0.2) is 7.14 Å². The predicted octanol–water partition coefficient (Wildman–Crippen LogP) is 7.49. The summed E-state index contributed by atoms with van der Waals surface area (Å²) in [5, 5.41) is 4.92. The van der Waals surface area contributed by atoms with Crippen LogP contribution in [0.3, 0.4) is 0 Å². The van der Waals surface area contributed by atoms with Crippen molar-refractivity contribution in [1.29, 1.82) is 0 Å². The van der Waals surface area contributed by atoms with Crippen molar-refractivity contribution in [2.24, 2.45) is 0 Å². The van der Waals surface area contributed by atoms with Gasteiger partial charge >= 0.3 is 0 Å². The molecule has 7 rings (SSSR count). The average Bonchev–Trinajstić information content (AvgIpc) is 3.36. The molecule has 0 spiro atoms. The zero-order chi connectivity index (χ0) is 26.2. The maximum atomic E-state index is 14.7. The summed E-state index contributed by atoms with van der Waals surface area (Å²) in [6, 6.07) is 46.8. The second-order valence-corrected chi connectivity index (χ2v) is 12.4. The molecule has 2 heterocycles. The highest BCUT2D eigenvalue weighted by Gasteiger charge is 2.29. The van der Waals surface area contributed by atoms with Crippen LogP contribution < -0.4 is 15.9 Å². The number of rotatable bonds is 5. The third-order valence-corrected chi connectivity index (χ3v) is 10.4. The highest BCUT2D eigenvalue weighted by Crippen LogP contribution is 2.42. The summed E-state index contributed by atoms with van der Waals surface area (Å²) in [7, 11) is -3.01. The van der Waals surface area contributed by atoms with Gasteiger partial charge in [0, 0.05) is 38.4 Å². The minimum atomic E-state index is -3.01. The number of pyridine rings is 1. The molecule has 0 bridgehead atoms. The van der Waals surface area contributed by atoms with Gasteiger partial charge in [0.1, 0.15) is 0 Å². The van der Waals surface area contributed by atoms with Crippen molar-refractivity contribution >= 4 is 44.9 Å². The maximum absolute atomic E-state index is 14.7. The summed E-state index contributed by atoms with van der Waals surface area (Å²) in [5.41, 5.74) is 5.35. The highest BCUT2D eigenvalue weighted by atomic mass is 31.2. The predicted molar refractivity (Wildman–Crippen MR) is 163 cm³/mol. The van der Waals surface area contributed by atoms with Crippen LogP contribution in [0.5, 0.6) is 0 Å². The van der Waals surface area contributed by atoms with Crippen LogP contribution in [0.15, 0.2) is 152 Å². The van der Waals surface area contributed by atoms with Crippen molar-refractivity contribution in [2.75, 3.05) is 0 Å². The minimum absolute atomic E-state index is 0.815. The SMILES string of the molecule is O=P(c1ccccc1)(c1ccccc1)c1ccc(-c2cncc(-n3c4ccccc4c4ccccc43)c2)cc1. The lowest BCUT2D eigenvalue weighted by Gasteiger charge is -2.20. The number of benzene rings is 5. The van der Waals surface area contributed by atoms with E-state index in [2.05, 4.69) is 76.3 Å². The third kappa shape index (κ3) is 3.91. The van der Waals surface area contributed by atoms with Gasteiger partial charge in [0.2, 0.25) is 0 Å². The monoisotopic (exact) mass is 520 g/mol. The zero-order valence-corrected chi connectivity index (χ0v) is 22.1. The molecule has 7 aromatic rings. The molecule has 0 atom stereocenters. The van der Waals surface area contributed by atoms with Gasteiger partial charge in [-0.1, -0.05) is 121 Å². The number of hydrogen-bond donors (Lipinski definition) is 0. The quantitative estimate of drug-likeness (QED) is 0.221. The molecule has 0 N–H and O–H groups in total. The second-order valence-electron chi connectivity index (χ2n) is 9.63. The molecular weight excluding hydrogens is 495 g/mol. The molecular formula is C35H25N2OP. The van der Waals surface area contributed by atoms with Crippen LogP contribution in [0.2, 0.25) is 0 Å². The van der Waals surface area contributed by atoms with Crippen LogP contribution in [0.25, 0.3) is 38.6 Å². The lowest BCUT2D eigenvalue weighted by Crippen LogP contribution is -2.24. The molecule has 186 valence electrons. The first kappa shape index (κ1) is 23.4. The van der Waals surface area contributed by atoms with Crippen LogP contribution in [-0.2, 0) is 4.57 Å². The van der Waals surface area contributed by atoms with Gasteiger partial charge in [-0.25, -0.2) is 0 Å². The summed E-state index contributed by atoms with van der Waals surface area (Å²) >= 11 is 0. The molecule has 0 aliphatic rings.